The first kappa shape index (κ1) is 19.6. The molecule has 2 heterocycles. The fourth-order valence-electron chi connectivity index (χ4n) is 2.98. The van der Waals surface area contributed by atoms with Crippen LogP contribution in [0.3, 0.4) is 0 Å². The second kappa shape index (κ2) is 8.34. The molecule has 0 saturated heterocycles. The predicted molar refractivity (Wildman–Crippen MR) is 114 cm³/mol. The summed E-state index contributed by atoms with van der Waals surface area (Å²) in [5, 5.41) is 12.1. The molecule has 0 aliphatic carbocycles. The number of hydrogen-bond donors (Lipinski definition) is 2. The number of benzene rings is 2. The maximum Gasteiger partial charge on any atom is 0.348 e. The van der Waals surface area contributed by atoms with Gasteiger partial charge in [-0.1, -0.05) is 30.3 Å². The number of thiophene rings is 1. The average Bonchev–Trinajstić information content (AvgIpc) is 3.34. The summed E-state index contributed by atoms with van der Waals surface area (Å²) >= 11 is 1.31. The van der Waals surface area contributed by atoms with Crippen molar-refractivity contribution in [3.8, 4) is 5.75 Å². The molecule has 0 aliphatic rings. The Morgan fingerprint density at radius 3 is 2.67 bits per heavy atom. The minimum absolute atomic E-state index is 0.140. The zero-order valence-corrected chi connectivity index (χ0v) is 16.7. The Morgan fingerprint density at radius 2 is 1.87 bits per heavy atom. The van der Waals surface area contributed by atoms with Crippen molar-refractivity contribution in [2.24, 2.45) is 0 Å². The van der Waals surface area contributed by atoms with Crippen LogP contribution >= 0.6 is 11.3 Å². The summed E-state index contributed by atoms with van der Waals surface area (Å²) in [6.45, 7) is 0. The van der Waals surface area contributed by atoms with Gasteiger partial charge in [0, 0.05) is 0 Å². The van der Waals surface area contributed by atoms with Crippen LogP contribution in [0, 0.1) is 5.82 Å². The third kappa shape index (κ3) is 3.87. The van der Waals surface area contributed by atoms with Crippen LogP contribution in [-0.4, -0.2) is 28.8 Å². The van der Waals surface area contributed by atoms with E-state index in [0.717, 1.165) is 0 Å². The molecule has 0 spiro atoms. The number of aromatic nitrogens is 2. The number of hydrogen-bond acceptors (Lipinski definition) is 5. The molecular formula is C21H17FN4O3S. The lowest BCUT2D eigenvalue weighted by molar-refractivity contribution is -0.115. The summed E-state index contributed by atoms with van der Waals surface area (Å²) < 4.78 is 20.2. The van der Waals surface area contributed by atoms with Crippen molar-refractivity contribution in [1.29, 1.82) is 0 Å². The molecule has 0 aliphatic heterocycles. The number of carbonyl (C=O) groups is 2. The van der Waals surface area contributed by atoms with Gasteiger partial charge in [0.15, 0.2) is 5.82 Å². The van der Waals surface area contributed by atoms with Crippen molar-refractivity contribution in [2.45, 2.75) is 6.42 Å². The third-order valence-corrected chi connectivity index (χ3v) is 5.29. The van der Waals surface area contributed by atoms with Gasteiger partial charge in [-0.15, -0.1) is 16.4 Å². The van der Waals surface area contributed by atoms with Gasteiger partial charge >= 0.3 is 6.03 Å². The summed E-state index contributed by atoms with van der Waals surface area (Å²) in [5.41, 5.74) is 0.778. The smallest absolute Gasteiger partial charge is 0.348 e. The molecular weight excluding hydrogens is 407 g/mol. The summed E-state index contributed by atoms with van der Waals surface area (Å²) in [6.07, 6.45) is -0.140. The number of fused-ring (bicyclic) bond motifs is 1. The van der Waals surface area contributed by atoms with E-state index in [-0.39, 0.29) is 17.8 Å². The Labute approximate surface area is 175 Å². The lowest BCUT2D eigenvalue weighted by atomic mass is 10.1. The summed E-state index contributed by atoms with van der Waals surface area (Å²) in [7, 11) is 1.51. The normalized spacial score (nSPS) is 10.7. The monoisotopic (exact) mass is 424 g/mol. The minimum Gasteiger partial charge on any atom is -0.495 e. The molecule has 0 radical (unpaired) electrons. The number of methoxy groups -OCH3 is 1. The number of para-hydroxylation sites is 2. The van der Waals surface area contributed by atoms with Crippen molar-refractivity contribution >= 4 is 45.0 Å². The molecule has 30 heavy (non-hydrogen) atoms. The highest BCUT2D eigenvalue weighted by Gasteiger charge is 2.20. The van der Waals surface area contributed by atoms with Crippen LogP contribution in [0.2, 0.25) is 0 Å². The largest absolute Gasteiger partial charge is 0.495 e. The second-order valence-corrected chi connectivity index (χ2v) is 7.24. The quantitative estimate of drug-likeness (QED) is 0.494. The predicted octanol–water partition coefficient (Wildman–Crippen LogP) is 4.51. The van der Waals surface area contributed by atoms with E-state index >= 15 is 0 Å². The highest BCUT2D eigenvalue weighted by atomic mass is 32.1. The van der Waals surface area contributed by atoms with Gasteiger partial charge in [0.1, 0.15) is 16.4 Å². The number of rotatable bonds is 5. The van der Waals surface area contributed by atoms with Crippen LogP contribution in [-0.2, 0) is 11.2 Å². The van der Waals surface area contributed by atoms with Gasteiger partial charge in [-0.2, -0.15) is 4.68 Å². The van der Waals surface area contributed by atoms with Crippen LogP contribution in [0.15, 0.2) is 60.0 Å². The number of nitrogens with one attached hydrogen (secondary N) is 2. The molecule has 7 nitrogen and oxygen atoms in total. The Balaban J connectivity index is 1.56. The van der Waals surface area contributed by atoms with E-state index in [1.54, 1.807) is 53.9 Å². The number of ether oxygens (including phenoxy) is 1. The van der Waals surface area contributed by atoms with Gasteiger partial charge in [0.25, 0.3) is 0 Å². The number of carbonyl (C=O) groups excluding carboxylic acids is 2. The Bertz CT molecular complexity index is 1230. The molecule has 4 aromatic rings. The molecule has 2 aromatic heterocycles. The topological polar surface area (TPSA) is 85.2 Å². The zero-order valence-electron chi connectivity index (χ0n) is 15.9. The molecule has 0 fully saturated rings. The first-order chi connectivity index (χ1) is 14.6. The lowest BCUT2D eigenvalue weighted by Crippen LogP contribution is -2.21. The molecule has 0 atom stereocenters. The second-order valence-electron chi connectivity index (χ2n) is 6.35. The van der Waals surface area contributed by atoms with E-state index < -0.39 is 17.8 Å². The van der Waals surface area contributed by atoms with Gasteiger partial charge in [-0.25, -0.2) is 9.18 Å². The fourth-order valence-corrected chi connectivity index (χ4v) is 3.83. The van der Waals surface area contributed by atoms with Gasteiger partial charge < -0.3 is 15.4 Å². The number of anilines is 2. The first-order valence-electron chi connectivity index (χ1n) is 9.00. The van der Waals surface area contributed by atoms with Crippen LogP contribution in [0.25, 0.3) is 10.2 Å². The Morgan fingerprint density at radius 1 is 1.10 bits per heavy atom. The van der Waals surface area contributed by atoms with Gasteiger partial charge in [0.2, 0.25) is 5.91 Å². The zero-order chi connectivity index (χ0) is 21.1. The number of nitrogens with zero attached hydrogens (tertiary/aromatic N) is 2. The van der Waals surface area contributed by atoms with Crippen LogP contribution in [0.5, 0.6) is 5.75 Å². The van der Waals surface area contributed by atoms with Crippen molar-refractivity contribution in [3.05, 3.63) is 71.4 Å². The van der Waals surface area contributed by atoms with E-state index in [4.69, 9.17) is 4.74 Å². The van der Waals surface area contributed by atoms with Gasteiger partial charge in [-0.3, -0.25) is 4.79 Å². The summed E-state index contributed by atoms with van der Waals surface area (Å²) in [5.74, 6) is -0.125. The van der Waals surface area contributed by atoms with Gasteiger partial charge in [-0.05, 0) is 35.2 Å². The first-order valence-corrected chi connectivity index (χ1v) is 9.88. The van der Waals surface area contributed by atoms with Crippen molar-refractivity contribution < 1.29 is 18.7 Å². The van der Waals surface area contributed by atoms with E-state index in [2.05, 4.69) is 15.7 Å². The SMILES string of the molecule is COc1ccccc1NC(=O)n1nc(NC(=O)Cc2ccccc2F)c2ccsc21. The third-order valence-electron chi connectivity index (χ3n) is 4.40. The van der Waals surface area contributed by atoms with Crippen molar-refractivity contribution in [2.75, 3.05) is 17.7 Å². The van der Waals surface area contributed by atoms with Crippen LogP contribution < -0.4 is 15.4 Å². The Hall–Kier alpha value is -3.72. The molecule has 0 unspecified atom stereocenters. The van der Waals surface area contributed by atoms with Crippen LogP contribution in [0.4, 0.5) is 20.7 Å². The van der Waals surface area contributed by atoms with E-state index in [1.165, 1.54) is 29.2 Å². The van der Waals surface area contributed by atoms with Crippen molar-refractivity contribution in [1.82, 2.24) is 9.78 Å². The number of amides is 2. The number of halogens is 1. The highest BCUT2D eigenvalue weighted by molar-refractivity contribution is 7.17. The molecule has 2 amide bonds. The molecule has 2 N–H and O–H groups in total. The van der Waals surface area contributed by atoms with E-state index in [0.29, 0.717) is 21.7 Å². The standard InChI is InChI=1S/C21H17FN4O3S/c1-29-17-9-5-4-8-16(17)23-21(28)26-20-14(10-11-30-20)19(25-26)24-18(27)12-13-6-2-3-7-15(13)22/h2-11H,12H2,1H3,(H,23,28)(H,24,25,27). The van der Waals surface area contributed by atoms with E-state index in [9.17, 15) is 14.0 Å². The molecule has 152 valence electrons. The summed E-state index contributed by atoms with van der Waals surface area (Å²) in [4.78, 5) is 25.8. The maximum atomic E-state index is 13.8. The fraction of sp³-hybridized carbons (Fsp3) is 0.0952. The average molecular weight is 424 g/mol. The molecule has 2 aromatic carbocycles. The molecule has 9 heteroatoms. The molecule has 0 saturated carbocycles. The maximum absolute atomic E-state index is 13.8. The van der Waals surface area contributed by atoms with Crippen LogP contribution in [0.1, 0.15) is 5.56 Å². The lowest BCUT2D eigenvalue weighted by Gasteiger charge is -2.09. The minimum atomic E-state index is -0.499. The molecule has 4 rings (SSSR count). The molecule has 0 bridgehead atoms. The van der Waals surface area contributed by atoms with Crippen molar-refractivity contribution in [3.63, 3.8) is 0 Å². The van der Waals surface area contributed by atoms with E-state index in [1.807, 2.05) is 0 Å². The van der Waals surface area contributed by atoms with Gasteiger partial charge in [0.05, 0.1) is 24.6 Å². The summed E-state index contributed by atoms with van der Waals surface area (Å²) in [6, 6.07) is 14.4. The highest BCUT2D eigenvalue weighted by Crippen LogP contribution is 2.29. The Kier molecular flexibility index (Phi) is 5.44.